The molecule has 0 spiro atoms. The molecular formula is C14H29N3. The summed E-state index contributed by atoms with van der Waals surface area (Å²) in [5.41, 5.74) is 6.60. The summed E-state index contributed by atoms with van der Waals surface area (Å²) in [6, 6.07) is 0.714. The normalized spacial score (nSPS) is 30.9. The number of nitrogens with zero attached hydrogens (tertiary/aromatic N) is 2. The van der Waals surface area contributed by atoms with E-state index in [9.17, 15) is 0 Å². The maximum atomic E-state index is 6.43. The van der Waals surface area contributed by atoms with Gasteiger partial charge < -0.3 is 10.6 Å². The Kier molecular flexibility index (Phi) is 4.45. The molecule has 100 valence electrons. The van der Waals surface area contributed by atoms with Gasteiger partial charge in [0.25, 0.3) is 0 Å². The number of hydrogen-bond acceptors (Lipinski definition) is 3. The highest BCUT2D eigenvalue weighted by Crippen LogP contribution is 2.30. The van der Waals surface area contributed by atoms with Crippen molar-refractivity contribution in [1.82, 2.24) is 9.80 Å². The van der Waals surface area contributed by atoms with Crippen molar-refractivity contribution in [3.05, 3.63) is 0 Å². The van der Waals surface area contributed by atoms with Gasteiger partial charge in [0, 0.05) is 31.2 Å². The van der Waals surface area contributed by atoms with Crippen LogP contribution in [0.1, 0.15) is 46.0 Å². The average molecular weight is 239 g/mol. The van der Waals surface area contributed by atoms with Crippen LogP contribution < -0.4 is 5.73 Å². The second-order valence-corrected chi connectivity index (χ2v) is 6.10. The molecule has 17 heavy (non-hydrogen) atoms. The van der Waals surface area contributed by atoms with Gasteiger partial charge in [0.05, 0.1) is 0 Å². The van der Waals surface area contributed by atoms with Crippen LogP contribution in [-0.2, 0) is 0 Å². The number of hydrogen-bond donors (Lipinski definition) is 1. The second kappa shape index (κ2) is 5.68. The van der Waals surface area contributed by atoms with Crippen LogP contribution in [0.4, 0.5) is 0 Å². The molecule has 1 heterocycles. The van der Waals surface area contributed by atoms with Crippen LogP contribution in [0.3, 0.4) is 0 Å². The van der Waals surface area contributed by atoms with Gasteiger partial charge in [-0.05, 0) is 39.3 Å². The van der Waals surface area contributed by atoms with Gasteiger partial charge in [0.1, 0.15) is 0 Å². The van der Waals surface area contributed by atoms with Gasteiger partial charge in [-0.3, -0.25) is 4.90 Å². The third-order valence-corrected chi connectivity index (χ3v) is 4.78. The molecule has 2 aliphatic rings. The Bertz CT molecular complexity index is 236. The standard InChI is InChI=1S/C14H29N3/c1-3-17-11-10-16(12-13(17)2)9-8-14(15)6-4-5-7-14/h13H,3-12,15H2,1-2H3. The van der Waals surface area contributed by atoms with E-state index in [2.05, 4.69) is 23.6 Å². The second-order valence-electron chi connectivity index (χ2n) is 6.10. The Labute approximate surface area is 106 Å². The topological polar surface area (TPSA) is 32.5 Å². The molecule has 3 nitrogen and oxygen atoms in total. The van der Waals surface area contributed by atoms with E-state index in [-0.39, 0.29) is 5.54 Å². The van der Waals surface area contributed by atoms with E-state index in [0.717, 1.165) is 0 Å². The maximum Gasteiger partial charge on any atom is 0.0195 e. The Morgan fingerprint density at radius 1 is 1.24 bits per heavy atom. The van der Waals surface area contributed by atoms with Crippen LogP contribution in [-0.4, -0.2) is 54.1 Å². The first-order valence-corrected chi connectivity index (χ1v) is 7.38. The summed E-state index contributed by atoms with van der Waals surface area (Å²) in [6.45, 7) is 10.7. The first-order valence-electron chi connectivity index (χ1n) is 7.38. The predicted molar refractivity (Wildman–Crippen MR) is 73.2 cm³/mol. The lowest BCUT2D eigenvalue weighted by Gasteiger charge is -2.40. The van der Waals surface area contributed by atoms with Crippen molar-refractivity contribution >= 4 is 0 Å². The molecule has 0 radical (unpaired) electrons. The minimum atomic E-state index is 0.172. The fraction of sp³-hybridized carbons (Fsp3) is 1.00. The van der Waals surface area contributed by atoms with Crippen LogP contribution in [0.5, 0.6) is 0 Å². The molecule has 2 rings (SSSR count). The van der Waals surface area contributed by atoms with Crippen molar-refractivity contribution in [2.24, 2.45) is 5.73 Å². The number of likely N-dealkylation sites (N-methyl/N-ethyl adjacent to an activating group) is 1. The summed E-state index contributed by atoms with van der Waals surface area (Å²) in [6.07, 6.45) is 6.38. The lowest BCUT2D eigenvalue weighted by molar-refractivity contribution is 0.0826. The van der Waals surface area contributed by atoms with Gasteiger partial charge >= 0.3 is 0 Å². The Morgan fingerprint density at radius 3 is 2.53 bits per heavy atom. The summed E-state index contributed by atoms with van der Waals surface area (Å²) in [4.78, 5) is 5.19. The molecule has 1 aliphatic heterocycles. The summed E-state index contributed by atoms with van der Waals surface area (Å²) in [7, 11) is 0. The van der Waals surface area contributed by atoms with E-state index in [0.29, 0.717) is 6.04 Å². The van der Waals surface area contributed by atoms with E-state index >= 15 is 0 Å². The van der Waals surface area contributed by atoms with E-state index in [4.69, 9.17) is 5.73 Å². The number of rotatable bonds is 4. The van der Waals surface area contributed by atoms with Crippen LogP contribution >= 0.6 is 0 Å². The van der Waals surface area contributed by atoms with Crippen molar-refractivity contribution in [1.29, 1.82) is 0 Å². The average Bonchev–Trinajstić information content (AvgIpc) is 2.74. The SMILES string of the molecule is CCN1CCN(CCC2(N)CCCC2)CC1C. The van der Waals surface area contributed by atoms with Gasteiger partial charge in [0.2, 0.25) is 0 Å². The Morgan fingerprint density at radius 2 is 1.94 bits per heavy atom. The van der Waals surface area contributed by atoms with Gasteiger partial charge in [-0.15, -0.1) is 0 Å². The Hall–Kier alpha value is -0.120. The minimum Gasteiger partial charge on any atom is -0.325 e. The summed E-state index contributed by atoms with van der Waals surface area (Å²) >= 11 is 0. The number of nitrogens with two attached hydrogens (primary N) is 1. The molecule has 1 saturated heterocycles. The maximum absolute atomic E-state index is 6.43. The van der Waals surface area contributed by atoms with Crippen molar-refractivity contribution in [2.45, 2.75) is 57.5 Å². The van der Waals surface area contributed by atoms with E-state index in [1.165, 1.54) is 64.8 Å². The third-order valence-electron chi connectivity index (χ3n) is 4.78. The lowest BCUT2D eigenvalue weighted by atomic mass is 9.94. The first-order chi connectivity index (χ1) is 8.13. The van der Waals surface area contributed by atoms with Crippen molar-refractivity contribution in [3.8, 4) is 0 Å². The van der Waals surface area contributed by atoms with Gasteiger partial charge in [-0.2, -0.15) is 0 Å². The van der Waals surface area contributed by atoms with E-state index < -0.39 is 0 Å². The molecule has 1 saturated carbocycles. The first kappa shape index (κ1) is 13.3. The molecular weight excluding hydrogens is 210 g/mol. The zero-order valence-electron chi connectivity index (χ0n) is 11.6. The third kappa shape index (κ3) is 3.43. The predicted octanol–water partition coefficient (Wildman–Crippen LogP) is 1.67. The highest BCUT2D eigenvalue weighted by Gasteiger charge is 2.30. The quantitative estimate of drug-likeness (QED) is 0.810. The molecule has 2 fully saturated rings. The smallest absolute Gasteiger partial charge is 0.0195 e. The van der Waals surface area contributed by atoms with Crippen molar-refractivity contribution in [2.75, 3.05) is 32.7 Å². The largest absolute Gasteiger partial charge is 0.325 e. The zero-order chi connectivity index (χ0) is 12.3. The molecule has 0 amide bonds. The molecule has 1 unspecified atom stereocenters. The van der Waals surface area contributed by atoms with Crippen LogP contribution in [0.15, 0.2) is 0 Å². The highest BCUT2D eigenvalue weighted by atomic mass is 15.3. The lowest BCUT2D eigenvalue weighted by Crippen LogP contribution is -2.53. The van der Waals surface area contributed by atoms with Gasteiger partial charge in [-0.25, -0.2) is 0 Å². The van der Waals surface area contributed by atoms with Gasteiger partial charge in [0.15, 0.2) is 0 Å². The monoisotopic (exact) mass is 239 g/mol. The molecule has 0 bridgehead atoms. The molecule has 0 aromatic carbocycles. The highest BCUT2D eigenvalue weighted by molar-refractivity contribution is 4.90. The van der Waals surface area contributed by atoms with Gasteiger partial charge in [-0.1, -0.05) is 19.8 Å². The zero-order valence-corrected chi connectivity index (χ0v) is 11.6. The van der Waals surface area contributed by atoms with Crippen LogP contribution in [0.2, 0.25) is 0 Å². The molecule has 0 aromatic heterocycles. The van der Waals surface area contributed by atoms with Crippen molar-refractivity contribution < 1.29 is 0 Å². The number of piperazine rings is 1. The fourth-order valence-corrected chi connectivity index (χ4v) is 3.45. The Balaban J connectivity index is 1.73. The summed E-state index contributed by atoms with van der Waals surface area (Å²) in [5.74, 6) is 0. The molecule has 3 heteroatoms. The fourth-order valence-electron chi connectivity index (χ4n) is 3.45. The van der Waals surface area contributed by atoms with Crippen LogP contribution in [0, 0.1) is 0 Å². The molecule has 0 aromatic rings. The molecule has 1 aliphatic carbocycles. The van der Waals surface area contributed by atoms with E-state index in [1.54, 1.807) is 0 Å². The van der Waals surface area contributed by atoms with E-state index in [1.807, 2.05) is 0 Å². The molecule has 1 atom stereocenters. The van der Waals surface area contributed by atoms with Crippen molar-refractivity contribution in [3.63, 3.8) is 0 Å². The summed E-state index contributed by atoms with van der Waals surface area (Å²) in [5, 5.41) is 0. The van der Waals surface area contributed by atoms with Crippen LogP contribution in [0.25, 0.3) is 0 Å². The molecule has 2 N–H and O–H groups in total. The minimum absolute atomic E-state index is 0.172. The summed E-state index contributed by atoms with van der Waals surface area (Å²) < 4.78 is 0.